The summed E-state index contributed by atoms with van der Waals surface area (Å²) in [5, 5.41) is 9.02. The van der Waals surface area contributed by atoms with Crippen molar-refractivity contribution in [1.29, 1.82) is 0 Å². The van der Waals surface area contributed by atoms with Gasteiger partial charge in [-0.05, 0) is 129 Å². The average Bonchev–Trinajstić information content (AvgIpc) is 4.11. The van der Waals surface area contributed by atoms with Crippen molar-refractivity contribution in [2.45, 2.75) is 88.4 Å². The number of hydrogen-bond donors (Lipinski definition) is 4. The monoisotopic (exact) mass is 1350 g/mol. The van der Waals surface area contributed by atoms with Gasteiger partial charge in [0.25, 0.3) is 0 Å². The molecule has 1 saturated heterocycles. The predicted octanol–water partition coefficient (Wildman–Crippen LogP) is 8.63. The van der Waals surface area contributed by atoms with Gasteiger partial charge in [0, 0.05) is 69.0 Å². The van der Waals surface area contributed by atoms with E-state index in [4.69, 9.17) is 39.2 Å². The molecule has 1 aliphatic heterocycles. The van der Waals surface area contributed by atoms with Gasteiger partial charge in [0.15, 0.2) is 56.5 Å². The first-order valence-electron chi connectivity index (χ1n) is 21.9. The van der Waals surface area contributed by atoms with Gasteiger partial charge in [-0.25, -0.2) is 44.1 Å². The van der Waals surface area contributed by atoms with Crippen LogP contribution in [0.25, 0.3) is 44.9 Å². The number of anilines is 1. The first-order valence-corrected chi connectivity index (χ1v) is 26.1. The third-order valence-electron chi connectivity index (χ3n) is 11.1. The molecule has 10 heterocycles. The van der Waals surface area contributed by atoms with Gasteiger partial charge in [-0.1, -0.05) is 60.0 Å². The van der Waals surface area contributed by atoms with E-state index in [1.165, 1.54) is 13.7 Å². The Kier molecular flexibility index (Phi) is 26.1. The maximum absolute atomic E-state index is 11.6. The topological polar surface area (TPSA) is 293 Å². The molecule has 28 heteroatoms. The molecule has 22 nitrogen and oxygen atoms in total. The third kappa shape index (κ3) is 16.1. The number of fused-ring (bicyclic) bond motifs is 4. The van der Waals surface area contributed by atoms with Crippen molar-refractivity contribution in [1.82, 2.24) is 43.6 Å². The Morgan fingerprint density at radius 2 is 1.12 bits per heavy atom. The molecule has 4 N–H and O–H groups in total. The van der Waals surface area contributed by atoms with Crippen LogP contribution >= 0.6 is 73.9 Å². The molecule has 9 aromatic heterocycles. The summed E-state index contributed by atoms with van der Waals surface area (Å²) < 4.78 is 46.0. The van der Waals surface area contributed by atoms with Gasteiger partial charge in [0.2, 0.25) is 0 Å². The van der Waals surface area contributed by atoms with Crippen molar-refractivity contribution in [2.24, 2.45) is 25.4 Å². The quantitative estimate of drug-likeness (QED) is 0.0517. The van der Waals surface area contributed by atoms with Crippen LogP contribution in [-0.2, 0) is 30.5 Å². The van der Waals surface area contributed by atoms with Gasteiger partial charge in [-0.2, -0.15) is 0 Å². The molecule has 0 spiro atoms. The van der Waals surface area contributed by atoms with Crippen LogP contribution in [0.5, 0.6) is 5.75 Å². The van der Waals surface area contributed by atoms with E-state index < -0.39 is 29.8 Å². The van der Waals surface area contributed by atoms with Gasteiger partial charge in [-0.3, -0.25) is 18.7 Å². The van der Waals surface area contributed by atoms with Crippen LogP contribution < -0.4 is 34.2 Å². The summed E-state index contributed by atoms with van der Waals surface area (Å²) in [5.41, 5.74) is 13.9. The number of nitrogens with zero attached hydrogens (tertiary/aromatic N) is 9. The molecule has 0 saturated carbocycles. The molecule has 0 aromatic carbocycles. The van der Waals surface area contributed by atoms with E-state index in [9.17, 15) is 19.2 Å². The minimum atomic E-state index is -0.516. The molecule has 9 aromatic rings. The van der Waals surface area contributed by atoms with E-state index in [1.54, 1.807) is 71.2 Å². The van der Waals surface area contributed by atoms with Crippen molar-refractivity contribution >= 4 is 145 Å². The number of alkyl halides is 2. The fourth-order valence-electron chi connectivity index (χ4n) is 6.24. The number of pyridine rings is 5. The number of nitrogens with one attached hydrogen (secondary N) is 1. The zero-order chi connectivity index (χ0) is 56.0. The van der Waals surface area contributed by atoms with Gasteiger partial charge in [0.1, 0.15) is 0 Å². The molecular weight excluding hydrogens is 1280 g/mol. The second-order valence-corrected chi connectivity index (χ2v) is 17.4. The first kappa shape index (κ1) is 65.7. The molecule has 1 radical (unpaired) electrons. The molecule has 0 aliphatic carbocycles. The van der Waals surface area contributed by atoms with E-state index in [1.807, 2.05) is 89.0 Å². The second kappa shape index (κ2) is 29.8. The van der Waals surface area contributed by atoms with E-state index in [2.05, 4.69) is 93.2 Å². The number of oxazole rings is 4. The van der Waals surface area contributed by atoms with Crippen LogP contribution in [0, 0.1) is 34.6 Å². The second-order valence-electron chi connectivity index (χ2n) is 16.3. The number of halogens is 3. The van der Waals surface area contributed by atoms with Crippen molar-refractivity contribution < 1.29 is 33.5 Å². The molecule has 1 fully saturated rings. The normalized spacial score (nSPS) is 12.5. The van der Waals surface area contributed by atoms with Gasteiger partial charge >= 0.3 is 54.9 Å². The summed E-state index contributed by atoms with van der Waals surface area (Å²) in [6.45, 7) is 17.3. The number of aromatic nitrogens is 9. The van der Waals surface area contributed by atoms with E-state index >= 15 is 0 Å². The maximum atomic E-state index is 11.6. The van der Waals surface area contributed by atoms with Crippen molar-refractivity contribution in [3.63, 3.8) is 0 Å². The zero-order valence-corrected chi connectivity index (χ0v) is 49.0. The van der Waals surface area contributed by atoms with Crippen LogP contribution in [0.3, 0.4) is 0 Å². The Morgan fingerprint density at radius 1 is 0.720 bits per heavy atom. The molecule has 0 bridgehead atoms. The van der Waals surface area contributed by atoms with Crippen LogP contribution in [0.2, 0.25) is 0 Å². The van der Waals surface area contributed by atoms with Gasteiger partial charge in [0.05, 0.1) is 11.2 Å². The fourth-order valence-corrected chi connectivity index (χ4v) is 6.52. The Hall–Kier alpha value is -5.43. The fraction of sp³-hybridized carbons (Fsp3) is 0.383. The summed E-state index contributed by atoms with van der Waals surface area (Å²) in [6, 6.07) is 5.30. The summed E-state index contributed by atoms with van der Waals surface area (Å²) in [6.07, 6.45) is 8.20. The number of thiol groups is 1. The zero-order valence-electron chi connectivity index (χ0n) is 43.2. The number of aryl methyl sites for hydroxylation is 8. The SMILES string of the molecule is C.C.CI.Cc1c(B2OC(C)(C)C(C)(C)O2)cnc2c1oc(=O)n2C.Cc1c(Br)cnc2c1oc(=O)n2C.Cc1ccnc(N)c1O.Cc1ccnc2[nH]c(=O)oc12.Cc1ccnc2c1oc(=O)n2C.[2H]CI.[B]=NS. The molecule has 0 atom stereocenters. The Balaban J connectivity index is 0.000000468. The summed E-state index contributed by atoms with van der Waals surface area (Å²) >= 11 is 10.6. The third-order valence-corrected chi connectivity index (χ3v) is 11.9. The van der Waals surface area contributed by atoms with Crippen molar-refractivity contribution in [3.8, 4) is 5.75 Å². The Morgan fingerprint density at radius 3 is 1.57 bits per heavy atom. The molecular formula is C47H63B2BrI2N11O11S. The van der Waals surface area contributed by atoms with Crippen LogP contribution in [0.1, 0.15) is 71.7 Å². The summed E-state index contributed by atoms with van der Waals surface area (Å²) in [4.78, 5) is 69.4. The summed E-state index contributed by atoms with van der Waals surface area (Å²) in [7, 11) is 8.73. The molecule has 405 valence electrons. The Labute approximate surface area is 477 Å². The van der Waals surface area contributed by atoms with Crippen LogP contribution in [-0.4, -0.2) is 84.5 Å². The first-order chi connectivity index (χ1) is 34.8. The molecule has 75 heavy (non-hydrogen) atoms. The number of aromatic amines is 1. The summed E-state index contributed by atoms with van der Waals surface area (Å²) in [5.74, 6) is -1.36. The van der Waals surface area contributed by atoms with E-state index in [0.717, 1.165) is 37.8 Å². The number of nitrogen functional groups attached to an aromatic ring is 1. The number of nitrogens with two attached hydrogens (primary N) is 1. The molecule has 0 unspecified atom stereocenters. The Bertz CT molecular complexity index is 3560. The average molecular weight is 1350 g/mol. The van der Waals surface area contributed by atoms with Crippen molar-refractivity contribution in [3.05, 3.63) is 124 Å². The van der Waals surface area contributed by atoms with E-state index in [-0.39, 0.29) is 37.9 Å². The van der Waals surface area contributed by atoms with Gasteiger partial charge < -0.3 is 37.8 Å². The number of hydrogen-bond acceptors (Lipinski definition) is 19. The number of aromatic hydroxyl groups is 1. The molecule has 0 amide bonds. The number of rotatable bonds is 1. The standard InChI is InChI=1S/C14H19BN2O4.C8H7BrN2O2.C8H8N2O2.C7H6N2O2.C6H8N2O.2CH3I.2CH4.BHNS/c1-8-9(15-20-13(2,3)14(4,5)21-15)7-16-11-10(8)19-12(18)17(11)6;1-4-5(9)3-10-7-6(4)13-8(12)11(7)2;1-5-3-4-9-7-6(5)12-8(11)10(7)2;1-4-2-3-8-6-5(4)11-7(10)9-6;1-4-2-3-8-6(7)5(4)9;2*1-2;;;1-2-3/h7H,1-6H3;3H,1-2H3;3-4H,1-2H3;2-3H,1H3,(H,8,9,10);2-3,9H,1H3,(H2,7,8);2*1H3;2*1H4;3H/i;;;;;1D;;;;. The van der Waals surface area contributed by atoms with Crippen LogP contribution in [0.4, 0.5) is 5.82 Å². The number of H-pyrrole nitrogens is 1. The van der Waals surface area contributed by atoms with Crippen molar-refractivity contribution in [2.75, 3.05) is 15.6 Å². The van der Waals surface area contributed by atoms with E-state index in [0.29, 0.717) is 49.8 Å². The minimum absolute atomic E-state index is 0. The van der Waals surface area contributed by atoms with Gasteiger partial charge in [-0.15, -0.1) is 0 Å². The molecule has 10 rings (SSSR count). The predicted molar refractivity (Wildman–Crippen MR) is 320 cm³/mol. The molecule has 1 aliphatic rings. The van der Waals surface area contributed by atoms with Crippen LogP contribution in [0.15, 0.2) is 94.8 Å².